The summed E-state index contributed by atoms with van der Waals surface area (Å²) in [7, 11) is -2.03. The molecule has 1 rings (SSSR count). The molecule has 0 aromatic carbocycles. The second kappa shape index (κ2) is 5.11. The van der Waals surface area contributed by atoms with Gasteiger partial charge in [-0.25, -0.2) is 12.7 Å². The summed E-state index contributed by atoms with van der Waals surface area (Å²) in [4.78, 5) is 0.478. The van der Waals surface area contributed by atoms with Crippen LogP contribution in [0.25, 0.3) is 0 Å². The zero-order valence-corrected chi connectivity index (χ0v) is 11.6. The fraction of sp³-hybridized carbons (Fsp3) is 0.556. The number of thiocarbonyl (C=S) groups is 1. The highest BCUT2D eigenvalue weighted by atomic mass is 32.2. The lowest BCUT2D eigenvalue weighted by Crippen LogP contribution is -2.35. The Morgan fingerprint density at radius 2 is 2.29 bits per heavy atom. The SMILES string of the molecule is Cc1[nH]ncc1S(=O)(=O)N(C)CC(C)C(N)=S. The van der Waals surface area contributed by atoms with E-state index in [1.54, 1.807) is 13.8 Å². The van der Waals surface area contributed by atoms with Gasteiger partial charge in [-0.05, 0) is 6.92 Å². The van der Waals surface area contributed by atoms with Gasteiger partial charge in [-0.1, -0.05) is 19.1 Å². The van der Waals surface area contributed by atoms with Crippen molar-refractivity contribution < 1.29 is 8.42 Å². The lowest BCUT2D eigenvalue weighted by atomic mass is 10.2. The normalized spacial score (nSPS) is 13.9. The van der Waals surface area contributed by atoms with Gasteiger partial charge in [-0.2, -0.15) is 5.10 Å². The number of aryl methyl sites for hydroxylation is 1. The van der Waals surface area contributed by atoms with E-state index in [-0.39, 0.29) is 17.4 Å². The van der Waals surface area contributed by atoms with Crippen molar-refractivity contribution >= 4 is 27.2 Å². The van der Waals surface area contributed by atoms with Crippen molar-refractivity contribution in [3.63, 3.8) is 0 Å². The first-order valence-corrected chi connectivity index (χ1v) is 6.87. The Balaban J connectivity index is 2.93. The fourth-order valence-corrected chi connectivity index (χ4v) is 2.79. The minimum Gasteiger partial charge on any atom is -0.393 e. The minimum atomic E-state index is -3.53. The van der Waals surface area contributed by atoms with Crippen LogP contribution in [0.4, 0.5) is 0 Å². The third-order valence-electron chi connectivity index (χ3n) is 2.49. The van der Waals surface area contributed by atoms with Crippen molar-refractivity contribution in [1.82, 2.24) is 14.5 Å². The summed E-state index contributed by atoms with van der Waals surface area (Å²) < 4.78 is 25.5. The Morgan fingerprint density at radius 1 is 1.71 bits per heavy atom. The van der Waals surface area contributed by atoms with Gasteiger partial charge in [0.1, 0.15) is 4.90 Å². The van der Waals surface area contributed by atoms with Crippen LogP contribution >= 0.6 is 12.2 Å². The van der Waals surface area contributed by atoms with Crippen molar-refractivity contribution in [1.29, 1.82) is 0 Å². The van der Waals surface area contributed by atoms with Gasteiger partial charge in [0.05, 0.1) is 16.9 Å². The van der Waals surface area contributed by atoms with E-state index in [0.29, 0.717) is 10.7 Å². The summed E-state index contributed by atoms with van der Waals surface area (Å²) in [5, 5.41) is 6.30. The van der Waals surface area contributed by atoms with Gasteiger partial charge < -0.3 is 5.73 Å². The molecule has 6 nitrogen and oxygen atoms in total. The van der Waals surface area contributed by atoms with E-state index in [9.17, 15) is 8.42 Å². The molecule has 0 aliphatic heterocycles. The van der Waals surface area contributed by atoms with Gasteiger partial charge in [0, 0.05) is 19.5 Å². The molecular weight excluding hydrogens is 260 g/mol. The third-order valence-corrected chi connectivity index (χ3v) is 4.83. The number of hydrogen-bond donors (Lipinski definition) is 2. The van der Waals surface area contributed by atoms with Crippen molar-refractivity contribution in [3.05, 3.63) is 11.9 Å². The molecule has 0 spiro atoms. The lowest BCUT2D eigenvalue weighted by molar-refractivity contribution is 0.445. The molecule has 0 radical (unpaired) electrons. The minimum absolute atomic E-state index is 0.169. The van der Waals surface area contributed by atoms with Crippen molar-refractivity contribution in [3.8, 4) is 0 Å². The number of hydrogen-bond acceptors (Lipinski definition) is 4. The molecule has 0 aliphatic rings. The van der Waals surface area contributed by atoms with Crippen LogP contribution in [-0.2, 0) is 10.0 Å². The first-order chi connectivity index (χ1) is 7.76. The van der Waals surface area contributed by atoms with Crippen molar-refractivity contribution in [2.75, 3.05) is 13.6 Å². The van der Waals surface area contributed by atoms with Crippen LogP contribution in [0.5, 0.6) is 0 Å². The molecule has 96 valence electrons. The van der Waals surface area contributed by atoms with Crippen LogP contribution in [0.1, 0.15) is 12.6 Å². The molecule has 8 heteroatoms. The molecule has 0 amide bonds. The molecule has 0 saturated heterocycles. The van der Waals surface area contributed by atoms with Gasteiger partial charge in [0.15, 0.2) is 0 Å². The van der Waals surface area contributed by atoms with Gasteiger partial charge in [-0.15, -0.1) is 0 Å². The fourth-order valence-electron chi connectivity index (χ4n) is 1.34. The molecule has 0 saturated carbocycles. The number of nitrogens with zero attached hydrogens (tertiary/aromatic N) is 2. The van der Waals surface area contributed by atoms with Crippen LogP contribution in [0.15, 0.2) is 11.1 Å². The Morgan fingerprint density at radius 3 is 2.71 bits per heavy atom. The standard InChI is InChI=1S/C9H16N4O2S2/c1-6(9(10)16)5-13(3)17(14,15)8-4-11-12-7(8)2/h4,6H,5H2,1-3H3,(H2,10,16)(H,11,12). The molecule has 1 heterocycles. The molecule has 1 atom stereocenters. The molecule has 1 unspecified atom stereocenters. The van der Waals surface area contributed by atoms with Gasteiger partial charge in [0.2, 0.25) is 10.0 Å². The number of sulfonamides is 1. The first kappa shape index (κ1) is 14.1. The summed E-state index contributed by atoms with van der Waals surface area (Å²) in [5.74, 6) is -0.169. The molecule has 1 aromatic rings. The Labute approximate surface area is 106 Å². The zero-order chi connectivity index (χ0) is 13.2. The summed E-state index contributed by atoms with van der Waals surface area (Å²) in [6.45, 7) is 3.70. The van der Waals surface area contributed by atoms with Crippen LogP contribution in [0.3, 0.4) is 0 Å². The molecule has 3 N–H and O–H groups in total. The Bertz CT molecular complexity index is 509. The average molecular weight is 276 g/mol. The number of H-pyrrole nitrogens is 1. The molecule has 0 bridgehead atoms. The lowest BCUT2D eigenvalue weighted by Gasteiger charge is -2.20. The van der Waals surface area contributed by atoms with Gasteiger partial charge >= 0.3 is 0 Å². The van der Waals surface area contributed by atoms with E-state index in [4.69, 9.17) is 18.0 Å². The third kappa shape index (κ3) is 3.02. The van der Waals surface area contributed by atoms with E-state index >= 15 is 0 Å². The number of aromatic amines is 1. The smallest absolute Gasteiger partial charge is 0.246 e. The highest BCUT2D eigenvalue weighted by molar-refractivity contribution is 7.89. The van der Waals surface area contributed by atoms with E-state index in [2.05, 4.69) is 10.2 Å². The number of nitrogens with one attached hydrogen (secondary N) is 1. The molecular formula is C9H16N4O2S2. The second-order valence-electron chi connectivity index (χ2n) is 3.95. The van der Waals surface area contributed by atoms with E-state index in [1.807, 2.05) is 0 Å². The topological polar surface area (TPSA) is 92.1 Å². The zero-order valence-electron chi connectivity index (χ0n) is 9.97. The molecule has 0 aliphatic carbocycles. The van der Waals surface area contributed by atoms with Crippen LogP contribution in [-0.4, -0.2) is 41.5 Å². The van der Waals surface area contributed by atoms with Crippen LogP contribution in [0, 0.1) is 12.8 Å². The summed E-state index contributed by atoms with van der Waals surface area (Å²) in [6, 6.07) is 0. The van der Waals surface area contributed by atoms with E-state index < -0.39 is 10.0 Å². The van der Waals surface area contributed by atoms with E-state index in [0.717, 1.165) is 0 Å². The quantitative estimate of drug-likeness (QED) is 0.753. The number of rotatable bonds is 5. The Hall–Kier alpha value is -0.990. The van der Waals surface area contributed by atoms with Crippen molar-refractivity contribution in [2.24, 2.45) is 11.7 Å². The maximum atomic E-state index is 12.2. The monoisotopic (exact) mass is 276 g/mol. The Kier molecular flexibility index (Phi) is 4.23. The molecule has 1 aromatic heterocycles. The summed E-state index contributed by atoms with van der Waals surface area (Å²) in [5.41, 5.74) is 5.98. The maximum Gasteiger partial charge on any atom is 0.246 e. The van der Waals surface area contributed by atoms with E-state index in [1.165, 1.54) is 17.5 Å². The molecule has 17 heavy (non-hydrogen) atoms. The second-order valence-corrected chi connectivity index (χ2v) is 6.43. The average Bonchev–Trinajstić information content (AvgIpc) is 2.64. The number of aromatic nitrogens is 2. The van der Waals surface area contributed by atoms with Gasteiger partial charge in [0.25, 0.3) is 0 Å². The summed E-state index contributed by atoms with van der Waals surface area (Å²) >= 11 is 4.82. The predicted octanol–water partition coefficient (Wildman–Crippen LogP) is 0.261. The highest BCUT2D eigenvalue weighted by Crippen LogP contribution is 2.17. The van der Waals surface area contributed by atoms with Crippen LogP contribution in [0.2, 0.25) is 0 Å². The van der Waals surface area contributed by atoms with Gasteiger partial charge in [-0.3, -0.25) is 5.10 Å². The molecule has 0 fully saturated rings. The largest absolute Gasteiger partial charge is 0.393 e. The maximum absolute atomic E-state index is 12.2. The predicted molar refractivity (Wildman–Crippen MR) is 69.1 cm³/mol. The highest BCUT2D eigenvalue weighted by Gasteiger charge is 2.25. The van der Waals surface area contributed by atoms with Crippen LogP contribution < -0.4 is 5.73 Å². The number of nitrogens with two attached hydrogens (primary N) is 1. The van der Waals surface area contributed by atoms with Crippen molar-refractivity contribution in [2.45, 2.75) is 18.7 Å². The first-order valence-electron chi connectivity index (χ1n) is 5.02. The summed E-state index contributed by atoms with van der Waals surface area (Å²) in [6.07, 6.45) is 1.30.